The van der Waals surface area contributed by atoms with Gasteiger partial charge < -0.3 is 10.1 Å². The van der Waals surface area contributed by atoms with Crippen molar-refractivity contribution in [1.29, 1.82) is 0 Å². The van der Waals surface area contributed by atoms with E-state index < -0.39 is 10.0 Å². The topological polar surface area (TPSA) is 77.8 Å². The number of fused-ring (bicyclic) bond motifs is 1. The zero-order chi connectivity index (χ0) is 19.0. The molecule has 7 nitrogen and oxygen atoms in total. The van der Waals surface area contributed by atoms with Gasteiger partial charge in [-0.25, -0.2) is 15.0 Å². The summed E-state index contributed by atoms with van der Waals surface area (Å²) in [5.74, 6) is 1.45. The van der Waals surface area contributed by atoms with Gasteiger partial charge >= 0.3 is 0 Å². The smallest absolute Gasteiger partial charge is 0.225 e. The van der Waals surface area contributed by atoms with E-state index in [4.69, 9.17) is 9.72 Å². The number of hydrogen-bond donors (Lipinski definition) is 1. The molecule has 1 aromatic carbocycles. The van der Waals surface area contributed by atoms with Crippen LogP contribution >= 0.6 is 10.0 Å². The van der Waals surface area contributed by atoms with Gasteiger partial charge in [-0.05, 0) is 67.5 Å². The van der Waals surface area contributed by atoms with Crippen molar-refractivity contribution in [3.05, 3.63) is 30.5 Å². The highest BCUT2D eigenvalue weighted by Gasteiger charge is 2.30. The van der Waals surface area contributed by atoms with Crippen LogP contribution in [0.3, 0.4) is 0 Å². The first-order chi connectivity index (χ1) is 12.9. The van der Waals surface area contributed by atoms with Gasteiger partial charge in [0.05, 0.1) is 19.0 Å². The summed E-state index contributed by atoms with van der Waals surface area (Å²) in [7, 11) is 1.14. The Kier molecular flexibility index (Phi) is 4.67. The molecule has 2 heterocycles. The van der Waals surface area contributed by atoms with Crippen LogP contribution in [0.5, 0.6) is 5.75 Å². The Morgan fingerprint density at radius 3 is 2.59 bits per heavy atom. The third kappa shape index (κ3) is 3.71. The van der Waals surface area contributed by atoms with Crippen molar-refractivity contribution in [3.8, 4) is 11.4 Å². The van der Waals surface area contributed by atoms with E-state index >= 15 is 0 Å². The van der Waals surface area contributed by atoms with Crippen molar-refractivity contribution in [2.75, 3.05) is 31.2 Å². The third-order valence-corrected chi connectivity index (χ3v) is 7.66. The third-order valence-electron chi connectivity index (χ3n) is 5.23. The molecule has 8 heteroatoms. The molecular formula is C19H26N6OS. The van der Waals surface area contributed by atoms with E-state index in [1.54, 1.807) is 18.0 Å². The molecule has 1 N–H and O–H groups in total. The summed E-state index contributed by atoms with van der Waals surface area (Å²) >= 11 is 0. The van der Waals surface area contributed by atoms with Gasteiger partial charge in [-0.3, -0.25) is 0 Å². The maximum absolute atomic E-state index is 5.22. The van der Waals surface area contributed by atoms with E-state index in [1.165, 1.54) is 19.3 Å². The average Bonchev–Trinajstić information content (AvgIpc) is 3.28. The fourth-order valence-electron chi connectivity index (χ4n) is 3.59. The van der Waals surface area contributed by atoms with Crippen LogP contribution in [0.1, 0.15) is 19.3 Å². The number of methoxy groups -OCH3 is 1. The molecule has 2 atom stereocenters. The van der Waals surface area contributed by atoms with Crippen LogP contribution in [-0.2, 0) is 0 Å². The summed E-state index contributed by atoms with van der Waals surface area (Å²) in [4.78, 5) is 9.14. The van der Waals surface area contributed by atoms with E-state index in [1.807, 2.05) is 24.3 Å². The summed E-state index contributed by atoms with van der Waals surface area (Å²) in [6.07, 6.45) is 12.6. The first-order valence-corrected chi connectivity index (χ1v) is 12.0. The van der Waals surface area contributed by atoms with Gasteiger partial charge in [0.25, 0.3) is 0 Å². The normalized spacial score (nSPS) is 20.7. The fraction of sp³-hybridized carbons (Fsp3) is 0.474. The molecule has 0 unspecified atom stereocenters. The maximum Gasteiger partial charge on any atom is 0.225 e. The van der Waals surface area contributed by atoms with Crippen LogP contribution < -0.4 is 10.1 Å². The van der Waals surface area contributed by atoms with Crippen LogP contribution in [0, 0.1) is 0 Å². The molecule has 0 amide bonds. The first-order valence-electron chi connectivity index (χ1n) is 9.10. The lowest BCUT2D eigenvalue weighted by molar-refractivity contribution is 0.414. The molecule has 144 valence electrons. The predicted octanol–water partition coefficient (Wildman–Crippen LogP) is 3.25. The van der Waals surface area contributed by atoms with Crippen LogP contribution in [-0.4, -0.2) is 62.1 Å². The van der Waals surface area contributed by atoms with Crippen LogP contribution in [0.2, 0.25) is 0 Å². The number of nitrogens with zero attached hydrogens (tertiary/aromatic N) is 5. The number of rotatable bonds is 5. The quantitative estimate of drug-likeness (QED) is 0.725. The fourth-order valence-corrected chi connectivity index (χ4v) is 5.24. The predicted molar refractivity (Wildman–Crippen MR) is 111 cm³/mol. The van der Waals surface area contributed by atoms with Crippen LogP contribution in [0.15, 0.2) is 30.5 Å². The molecule has 0 aliphatic heterocycles. The number of ether oxygens (including phenoxy) is 1. The average molecular weight is 387 g/mol. The van der Waals surface area contributed by atoms with Crippen molar-refractivity contribution < 1.29 is 4.74 Å². The van der Waals surface area contributed by atoms with E-state index in [-0.39, 0.29) is 0 Å². The van der Waals surface area contributed by atoms with Crippen molar-refractivity contribution >= 4 is 27.1 Å². The minimum absolute atomic E-state index is 0.435. The Morgan fingerprint density at radius 1 is 1.15 bits per heavy atom. The molecule has 0 saturated heterocycles. The van der Waals surface area contributed by atoms with E-state index in [0.717, 1.165) is 16.7 Å². The minimum Gasteiger partial charge on any atom is -0.497 e. The summed E-state index contributed by atoms with van der Waals surface area (Å²) in [5, 5.41) is 12.8. The second kappa shape index (κ2) is 6.99. The van der Waals surface area contributed by atoms with Crippen molar-refractivity contribution in [2.24, 2.45) is 0 Å². The van der Waals surface area contributed by atoms with Gasteiger partial charge in [-0.2, -0.15) is 9.67 Å². The highest BCUT2D eigenvalue weighted by atomic mass is 32.3. The first kappa shape index (κ1) is 18.0. The minimum atomic E-state index is -0.517. The lowest BCUT2D eigenvalue weighted by Crippen LogP contribution is -2.20. The molecule has 4 rings (SSSR count). The van der Waals surface area contributed by atoms with E-state index in [0.29, 0.717) is 23.2 Å². The van der Waals surface area contributed by atoms with E-state index in [2.05, 4.69) is 39.4 Å². The van der Waals surface area contributed by atoms with E-state index in [9.17, 15) is 0 Å². The monoisotopic (exact) mass is 386 g/mol. The summed E-state index contributed by atoms with van der Waals surface area (Å²) in [6, 6.07) is 8.11. The Balaban J connectivity index is 1.57. The summed E-state index contributed by atoms with van der Waals surface area (Å²) in [5.41, 5.74) is 2.27. The number of anilines is 1. The molecule has 0 radical (unpaired) electrons. The highest BCUT2D eigenvalue weighted by molar-refractivity contribution is 8.32. The largest absolute Gasteiger partial charge is 0.497 e. The van der Waals surface area contributed by atoms with Gasteiger partial charge in [-0.1, -0.05) is 5.21 Å². The van der Waals surface area contributed by atoms with Crippen molar-refractivity contribution in [3.63, 3.8) is 0 Å². The Hall–Kier alpha value is -2.35. The Morgan fingerprint density at radius 2 is 1.93 bits per heavy atom. The summed E-state index contributed by atoms with van der Waals surface area (Å²) in [6.45, 7) is 0. The lowest BCUT2D eigenvalue weighted by Gasteiger charge is -2.33. The number of hydrogen-bond acceptors (Lipinski definition) is 6. The van der Waals surface area contributed by atoms with Gasteiger partial charge in [0.2, 0.25) is 5.95 Å². The second-order valence-corrected chi connectivity index (χ2v) is 12.3. The highest BCUT2D eigenvalue weighted by Crippen LogP contribution is 2.49. The van der Waals surface area contributed by atoms with Crippen molar-refractivity contribution in [2.45, 2.75) is 30.6 Å². The standard InChI is InChI=1S/C19H26N6OS/c1-26-15-8-6-14(7-9-15)25-18-17(23-24-25)12-20-19(22-18)21-13-5-10-16(11-13)27(2,3)4/h6-9,12-13,16H,5,10-11H2,1-4H3,(H,20,21,22)/t13-,16-/m1/s1. The van der Waals surface area contributed by atoms with Gasteiger partial charge in [-0.15, -0.1) is 5.10 Å². The molecule has 3 aromatic rings. The summed E-state index contributed by atoms with van der Waals surface area (Å²) < 4.78 is 6.96. The van der Waals surface area contributed by atoms with Crippen LogP contribution in [0.4, 0.5) is 5.95 Å². The Labute approximate surface area is 160 Å². The molecule has 2 aromatic heterocycles. The van der Waals surface area contributed by atoms with Gasteiger partial charge in [0.15, 0.2) is 11.2 Å². The molecule has 0 bridgehead atoms. The molecule has 27 heavy (non-hydrogen) atoms. The number of nitrogens with one attached hydrogen (secondary N) is 1. The SMILES string of the molecule is COc1ccc(-n2nnc3cnc(N[C@@H]4CC[C@@H](S(C)(C)C)C4)nc32)cc1. The lowest BCUT2D eigenvalue weighted by atomic mass is 10.2. The number of benzene rings is 1. The molecule has 1 aliphatic rings. The zero-order valence-electron chi connectivity index (χ0n) is 16.2. The molecule has 1 fully saturated rings. The Bertz CT molecular complexity index is 934. The zero-order valence-corrected chi connectivity index (χ0v) is 17.0. The van der Waals surface area contributed by atoms with Gasteiger partial charge in [0, 0.05) is 6.04 Å². The number of aromatic nitrogens is 5. The van der Waals surface area contributed by atoms with Crippen molar-refractivity contribution in [1.82, 2.24) is 25.0 Å². The van der Waals surface area contributed by atoms with Crippen LogP contribution in [0.25, 0.3) is 16.9 Å². The molecule has 1 aliphatic carbocycles. The maximum atomic E-state index is 5.22. The van der Waals surface area contributed by atoms with Gasteiger partial charge in [0.1, 0.15) is 5.75 Å². The molecule has 1 saturated carbocycles. The second-order valence-electron chi connectivity index (χ2n) is 7.81. The molecular weight excluding hydrogens is 360 g/mol. The molecule has 0 spiro atoms.